The number of nitrogens with zero attached hydrogens (tertiary/aromatic N) is 4. The van der Waals surface area contributed by atoms with E-state index in [2.05, 4.69) is 27.5 Å². The fraction of sp³-hybridized carbons (Fsp3) is 0.350. The minimum Gasteiger partial charge on any atom is -0.507 e. The quantitative estimate of drug-likeness (QED) is 0.567. The van der Waals surface area contributed by atoms with Gasteiger partial charge in [0, 0.05) is 11.8 Å². The maximum Gasteiger partial charge on any atom is 0.172 e. The topological polar surface area (TPSA) is 102 Å². The summed E-state index contributed by atoms with van der Waals surface area (Å²) in [6, 6.07) is 8.82. The number of nitrogens with two attached hydrogens (primary N) is 1. The average Bonchev–Trinajstić information content (AvgIpc) is 3.14. The zero-order valence-corrected chi connectivity index (χ0v) is 15.8. The summed E-state index contributed by atoms with van der Waals surface area (Å²) in [6.45, 7) is 3.23. The average molecular weight is 366 g/mol. The molecule has 7 heteroatoms. The van der Waals surface area contributed by atoms with E-state index in [1.807, 2.05) is 25.5 Å². The summed E-state index contributed by atoms with van der Waals surface area (Å²) >= 11 is 0. The molecule has 3 rings (SSSR count). The van der Waals surface area contributed by atoms with E-state index in [0.717, 1.165) is 25.8 Å². The zero-order valence-electron chi connectivity index (χ0n) is 15.8. The Hall–Kier alpha value is -2.93. The standard InChI is InChI=1S/C20H26N6O/c1-3-14(8-9-22-2)10-15-12-23-26(13-15)18-11-17(24-25-20(18)21)16-6-4-5-7-19(16)27/h4-7,11-14,22,27H,3,8-10H2,1-2H3,(H2,21,25). The van der Waals surface area contributed by atoms with Crippen molar-refractivity contribution in [1.82, 2.24) is 25.3 Å². The molecule has 0 saturated heterocycles. The Balaban J connectivity index is 1.86. The highest BCUT2D eigenvalue weighted by atomic mass is 16.3. The first-order valence-electron chi connectivity index (χ1n) is 9.22. The van der Waals surface area contributed by atoms with Crippen molar-refractivity contribution < 1.29 is 5.11 Å². The molecule has 0 saturated carbocycles. The minimum atomic E-state index is 0.152. The fourth-order valence-corrected chi connectivity index (χ4v) is 3.13. The highest BCUT2D eigenvalue weighted by Crippen LogP contribution is 2.29. The molecule has 0 aliphatic rings. The molecular weight excluding hydrogens is 340 g/mol. The highest BCUT2D eigenvalue weighted by molar-refractivity contribution is 5.70. The van der Waals surface area contributed by atoms with Crippen molar-refractivity contribution in [3.05, 3.63) is 48.3 Å². The Kier molecular flexibility index (Phi) is 6.03. The number of nitrogens with one attached hydrogen (secondary N) is 1. The molecule has 0 aliphatic heterocycles. The van der Waals surface area contributed by atoms with E-state index >= 15 is 0 Å². The second-order valence-electron chi connectivity index (χ2n) is 6.68. The van der Waals surface area contributed by atoms with Crippen LogP contribution in [0.2, 0.25) is 0 Å². The molecule has 2 aromatic heterocycles. The van der Waals surface area contributed by atoms with Gasteiger partial charge in [0.15, 0.2) is 5.82 Å². The molecule has 0 fully saturated rings. The van der Waals surface area contributed by atoms with Crippen LogP contribution in [-0.4, -0.2) is 38.7 Å². The van der Waals surface area contributed by atoms with E-state index in [9.17, 15) is 5.11 Å². The van der Waals surface area contributed by atoms with Gasteiger partial charge in [-0.2, -0.15) is 5.10 Å². The van der Waals surface area contributed by atoms with Crippen LogP contribution in [-0.2, 0) is 6.42 Å². The van der Waals surface area contributed by atoms with Crippen LogP contribution in [0.4, 0.5) is 5.82 Å². The predicted molar refractivity (Wildman–Crippen MR) is 107 cm³/mol. The van der Waals surface area contributed by atoms with Crippen LogP contribution < -0.4 is 11.1 Å². The van der Waals surface area contributed by atoms with E-state index < -0.39 is 0 Å². The van der Waals surface area contributed by atoms with Gasteiger partial charge in [-0.05, 0) is 56.1 Å². The zero-order chi connectivity index (χ0) is 19.2. The smallest absolute Gasteiger partial charge is 0.172 e. The van der Waals surface area contributed by atoms with Gasteiger partial charge in [0.2, 0.25) is 0 Å². The summed E-state index contributed by atoms with van der Waals surface area (Å²) in [5.74, 6) is 1.06. The summed E-state index contributed by atoms with van der Waals surface area (Å²) < 4.78 is 1.73. The van der Waals surface area contributed by atoms with Crippen LogP contribution >= 0.6 is 0 Å². The van der Waals surface area contributed by atoms with E-state index in [1.54, 1.807) is 28.9 Å². The lowest BCUT2D eigenvalue weighted by Crippen LogP contribution is -2.14. The largest absolute Gasteiger partial charge is 0.507 e. The molecule has 0 amide bonds. The van der Waals surface area contributed by atoms with Gasteiger partial charge in [-0.25, -0.2) is 4.68 Å². The molecular formula is C20H26N6O. The van der Waals surface area contributed by atoms with Crippen LogP contribution in [0.25, 0.3) is 16.9 Å². The number of anilines is 1. The van der Waals surface area contributed by atoms with Crippen molar-refractivity contribution in [2.75, 3.05) is 19.3 Å². The van der Waals surface area contributed by atoms with Gasteiger partial charge >= 0.3 is 0 Å². The van der Waals surface area contributed by atoms with Crippen molar-refractivity contribution in [3.63, 3.8) is 0 Å². The Bertz CT molecular complexity index is 892. The minimum absolute atomic E-state index is 0.152. The summed E-state index contributed by atoms with van der Waals surface area (Å²) in [5.41, 5.74) is 9.01. The maximum atomic E-state index is 10.1. The molecule has 4 N–H and O–H groups in total. The summed E-state index contributed by atoms with van der Waals surface area (Å²) in [7, 11) is 1.98. The number of hydrogen-bond donors (Lipinski definition) is 3. The molecule has 7 nitrogen and oxygen atoms in total. The molecule has 3 aromatic rings. The molecule has 1 unspecified atom stereocenters. The van der Waals surface area contributed by atoms with Gasteiger partial charge in [0.25, 0.3) is 0 Å². The Morgan fingerprint density at radius 3 is 2.81 bits per heavy atom. The second-order valence-corrected chi connectivity index (χ2v) is 6.68. The summed E-state index contributed by atoms with van der Waals surface area (Å²) in [6.07, 6.45) is 7.10. The molecule has 0 spiro atoms. The number of para-hydroxylation sites is 1. The first-order chi connectivity index (χ1) is 13.1. The first-order valence-corrected chi connectivity index (χ1v) is 9.22. The third-order valence-corrected chi connectivity index (χ3v) is 4.77. The van der Waals surface area contributed by atoms with E-state index in [1.165, 1.54) is 5.56 Å². The molecule has 27 heavy (non-hydrogen) atoms. The molecule has 2 heterocycles. The van der Waals surface area contributed by atoms with E-state index in [0.29, 0.717) is 28.7 Å². The SMILES string of the molecule is CCC(CCNC)Cc1cnn(-c2cc(-c3ccccc3O)nnc2N)c1. The van der Waals surface area contributed by atoms with Crippen LogP contribution in [0.3, 0.4) is 0 Å². The lowest BCUT2D eigenvalue weighted by Gasteiger charge is -2.13. The van der Waals surface area contributed by atoms with Crippen molar-refractivity contribution in [3.8, 4) is 22.7 Å². The molecule has 1 aromatic carbocycles. The number of nitrogen functional groups attached to an aromatic ring is 1. The molecule has 142 valence electrons. The summed E-state index contributed by atoms with van der Waals surface area (Å²) in [5, 5.41) is 25.9. The van der Waals surface area contributed by atoms with E-state index in [4.69, 9.17) is 5.73 Å². The van der Waals surface area contributed by atoms with Crippen molar-refractivity contribution >= 4 is 5.82 Å². The van der Waals surface area contributed by atoms with Crippen LogP contribution in [0.1, 0.15) is 25.3 Å². The third-order valence-electron chi connectivity index (χ3n) is 4.77. The lowest BCUT2D eigenvalue weighted by molar-refractivity contribution is 0.459. The van der Waals surface area contributed by atoms with Crippen molar-refractivity contribution in [2.45, 2.75) is 26.2 Å². The monoisotopic (exact) mass is 366 g/mol. The Morgan fingerprint density at radius 2 is 2.07 bits per heavy atom. The molecule has 0 radical (unpaired) electrons. The van der Waals surface area contributed by atoms with Gasteiger partial charge < -0.3 is 16.2 Å². The van der Waals surface area contributed by atoms with E-state index in [-0.39, 0.29) is 5.75 Å². The highest BCUT2D eigenvalue weighted by Gasteiger charge is 2.13. The fourth-order valence-electron chi connectivity index (χ4n) is 3.13. The van der Waals surface area contributed by atoms with Crippen molar-refractivity contribution in [1.29, 1.82) is 0 Å². The Morgan fingerprint density at radius 1 is 1.26 bits per heavy atom. The molecule has 0 aliphatic carbocycles. The second kappa shape index (κ2) is 8.64. The van der Waals surface area contributed by atoms with Crippen LogP contribution in [0.5, 0.6) is 5.75 Å². The molecule has 0 bridgehead atoms. The predicted octanol–water partition coefficient (Wildman–Crippen LogP) is 2.80. The Labute approximate surface area is 159 Å². The van der Waals surface area contributed by atoms with Crippen molar-refractivity contribution in [2.24, 2.45) is 5.92 Å². The lowest BCUT2D eigenvalue weighted by atomic mass is 9.95. The normalized spacial score (nSPS) is 12.2. The number of aromatic nitrogens is 4. The number of rotatable bonds is 8. The number of benzene rings is 1. The maximum absolute atomic E-state index is 10.1. The third kappa shape index (κ3) is 4.43. The number of hydrogen-bond acceptors (Lipinski definition) is 6. The van der Waals surface area contributed by atoms with Crippen LogP contribution in [0.15, 0.2) is 42.7 Å². The van der Waals surface area contributed by atoms with Gasteiger partial charge in [-0.15, -0.1) is 10.2 Å². The molecule has 1 atom stereocenters. The number of aromatic hydroxyl groups is 1. The van der Waals surface area contributed by atoms with Crippen LogP contribution in [0, 0.1) is 5.92 Å². The van der Waals surface area contributed by atoms with Gasteiger partial charge in [0.05, 0.1) is 11.9 Å². The summed E-state index contributed by atoms with van der Waals surface area (Å²) in [4.78, 5) is 0. The van der Waals surface area contributed by atoms with Gasteiger partial charge in [0.1, 0.15) is 11.4 Å². The van der Waals surface area contributed by atoms with Gasteiger partial charge in [-0.1, -0.05) is 25.5 Å². The van der Waals surface area contributed by atoms with Gasteiger partial charge in [-0.3, -0.25) is 0 Å². The first kappa shape index (κ1) is 18.8. The number of phenolic OH excluding ortho intramolecular Hbond substituents is 1. The number of phenols is 1.